The Morgan fingerprint density at radius 3 is 2.46 bits per heavy atom. The molecular weight excluding hydrogens is 180 g/mol. The molecule has 1 heterocycles. The second kappa shape index (κ2) is 3.35. The van der Waals surface area contributed by atoms with Gasteiger partial charge in [0.05, 0.1) is 0 Å². The molecule has 0 aliphatic heterocycles. The minimum Gasteiger partial charge on any atom is -0.364 e. The Morgan fingerprint density at radius 1 is 1.46 bits per heavy atom. The average molecular weight is 189 g/mol. The van der Waals surface area contributed by atoms with Crippen molar-refractivity contribution in [2.45, 2.75) is 19.1 Å². The van der Waals surface area contributed by atoms with Crippen LogP contribution in [0.2, 0.25) is 0 Å². The first-order chi connectivity index (χ1) is 5.93. The molecule has 72 valence electrons. The van der Waals surface area contributed by atoms with E-state index in [0.717, 1.165) is 12.3 Å². The number of hydrogen-bond donors (Lipinski definition) is 2. The van der Waals surface area contributed by atoms with Gasteiger partial charge < -0.3 is 10.2 Å². The van der Waals surface area contributed by atoms with Gasteiger partial charge in [0.25, 0.3) is 5.92 Å². The van der Waals surface area contributed by atoms with E-state index in [1.807, 2.05) is 0 Å². The van der Waals surface area contributed by atoms with Gasteiger partial charge in [0.15, 0.2) is 6.29 Å². The minimum atomic E-state index is -3.10. The van der Waals surface area contributed by atoms with Gasteiger partial charge in [0.2, 0.25) is 0 Å². The van der Waals surface area contributed by atoms with Crippen LogP contribution in [0.15, 0.2) is 18.5 Å². The van der Waals surface area contributed by atoms with E-state index in [2.05, 4.69) is 4.98 Å². The van der Waals surface area contributed by atoms with Gasteiger partial charge in [0, 0.05) is 30.4 Å². The standard InChI is InChI=1S/C8H9F2NO2/c1-8(9,10)6-2-3-11-4-5(6)7(12)13/h2-4,7,12-13H,1H3. The number of pyridine rings is 1. The van der Waals surface area contributed by atoms with E-state index in [0.29, 0.717) is 6.92 Å². The Bertz CT molecular complexity index is 296. The Hall–Kier alpha value is -1.07. The van der Waals surface area contributed by atoms with Crippen molar-refractivity contribution in [1.29, 1.82) is 0 Å². The molecular formula is C8H9F2NO2. The van der Waals surface area contributed by atoms with Crippen LogP contribution in [0.4, 0.5) is 8.78 Å². The lowest BCUT2D eigenvalue weighted by molar-refractivity contribution is -0.0510. The Balaban J connectivity index is 3.20. The van der Waals surface area contributed by atoms with E-state index in [4.69, 9.17) is 10.2 Å². The van der Waals surface area contributed by atoms with Crippen LogP contribution in [0.1, 0.15) is 24.3 Å². The molecule has 0 aliphatic rings. The fraction of sp³-hybridized carbons (Fsp3) is 0.375. The quantitative estimate of drug-likeness (QED) is 0.687. The Labute approximate surface area is 73.7 Å². The van der Waals surface area contributed by atoms with Crippen LogP contribution >= 0.6 is 0 Å². The summed E-state index contributed by atoms with van der Waals surface area (Å²) in [5.41, 5.74) is -0.687. The zero-order valence-corrected chi connectivity index (χ0v) is 6.91. The number of rotatable bonds is 2. The zero-order valence-electron chi connectivity index (χ0n) is 6.91. The summed E-state index contributed by atoms with van der Waals surface area (Å²) in [4.78, 5) is 3.53. The van der Waals surface area contributed by atoms with Crippen molar-refractivity contribution in [1.82, 2.24) is 4.98 Å². The molecule has 2 N–H and O–H groups in total. The highest BCUT2D eigenvalue weighted by atomic mass is 19.3. The lowest BCUT2D eigenvalue weighted by atomic mass is 10.1. The fourth-order valence-corrected chi connectivity index (χ4v) is 1.01. The number of aromatic nitrogens is 1. The molecule has 0 bridgehead atoms. The maximum absolute atomic E-state index is 12.8. The van der Waals surface area contributed by atoms with Gasteiger partial charge in [0.1, 0.15) is 0 Å². The summed E-state index contributed by atoms with van der Waals surface area (Å²) >= 11 is 0. The van der Waals surface area contributed by atoms with Gasteiger partial charge in [-0.2, -0.15) is 0 Å². The monoisotopic (exact) mass is 189 g/mol. The van der Waals surface area contributed by atoms with Crippen LogP contribution in [0, 0.1) is 0 Å². The zero-order chi connectivity index (χ0) is 10.1. The molecule has 0 atom stereocenters. The van der Waals surface area contributed by atoms with Gasteiger partial charge in [-0.25, -0.2) is 8.78 Å². The maximum atomic E-state index is 12.8. The van der Waals surface area contributed by atoms with E-state index >= 15 is 0 Å². The lowest BCUT2D eigenvalue weighted by Crippen LogP contribution is -2.13. The Morgan fingerprint density at radius 2 is 2.08 bits per heavy atom. The van der Waals surface area contributed by atoms with Crippen molar-refractivity contribution in [3.63, 3.8) is 0 Å². The highest BCUT2D eigenvalue weighted by Crippen LogP contribution is 2.31. The minimum absolute atomic E-state index is 0.269. The first-order valence-corrected chi connectivity index (χ1v) is 3.61. The van der Waals surface area contributed by atoms with Gasteiger partial charge in [-0.05, 0) is 6.07 Å². The number of nitrogens with zero attached hydrogens (tertiary/aromatic N) is 1. The third-order valence-electron chi connectivity index (χ3n) is 1.60. The summed E-state index contributed by atoms with van der Waals surface area (Å²) in [6, 6.07) is 1.06. The number of hydrogen-bond acceptors (Lipinski definition) is 3. The van der Waals surface area contributed by atoms with E-state index in [-0.39, 0.29) is 5.56 Å². The smallest absolute Gasteiger partial charge is 0.271 e. The van der Waals surface area contributed by atoms with Crippen molar-refractivity contribution in [2.75, 3.05) is 0 Å². The highest BCUT2D eigenvalue weighted by Gasteiger charge is 2.29. The summed E-state index contributed by atoms with van der Waals surface area (Å²) in [7, 11) is 0. The first kappa shape index (κ1) is 10.0. The number of aliphatic hydroxyl groups excluding tert-OH is 1. The van der Waals surface area contributed by atoms with Crippen LogP contribution in [0.3, 0.4) is 0 Å². The number of alkyl halides is 2. The largest absolute Gasteiger partial charge is 0.364 e. The molecule has 3 nitrogen and oxygen atoms in total. The summed E-state index contributed by atoms with van der Waals surface area (Å²) in [6.45, 7) is 0.689. The summed E-state index contributed by atoms with van der Waals surface area (Å²) in [5.74, 6) is -3.10. The number of halogens is 2. The van der Waals surface area contributed by atoms with Crippen molar-refractivity contribution < 1.29 is 19.0 Å². The third kappa shape index (κ3) is 2.19. The van der Waals surface area contributed by atoms with Crippen LogP contribution in [0.25, 0.3) is 0 Å². The van der Waals surface area contributed by atoms with Crippen molar-refractivity contribution in [2.24, 2.45) is 0 Å². The first-order valence-electron chi connectivity index (χ1n) is 3.61. The summed E-state index contributed by atoms with van der Waals surface area (Å²) in [5, 5.41) is 17.5. The third-order valence-corrected chi connectivity index (χ3v) is 1.60. The molecule has 0 aliphatic carbocycles. The maximum Gasteiger partial charge on any atom is 0.271 e. The molecule has 13 heavy (non-hydrogen) atoms. The van der Waals surface area contributed by atoms with Crippen LogP contribution in [0.5, 0.6) is 0 Å². The highest BCUT2D eigenvalue weighted by molar-refractivity contribution is 5.27. The molecule has 1 aromatic heterocycles. The second-order valence-electron chi connectivity index (χ2n) is 2.72. The normalized spacial score (nSPS) is 12.2. The van der Waals surface area contributed by atoms with Crippen molar-refractivity contribution in [3.05, 3.63) is 29.6 Å². The van der Waals surface area contributed by atoms with Crippen molar-refractivity contribution >= 4 is 0 Å². The summed E-state index contributed by atoms with van der Waals surface area (Å²) < 4.78 is 25.7. The molecule has 1 aromatic rings. The molecule has 0 saturated heterocycles. The molecule has 0 aromatic carbocycles. The fourth-order valence-electron chi connectivity index (χ4n) is 1.01. The van der Waals surface area contributed by atoms with Crippen molar-refractivity contribution in [3.8, 4) is 0 Å². The van der Waals surface area contributed by atoms with Crippen LogP contribution < -0.4 is 0 Å². The molecule has 0 spiro atoms. The van der Waals surface area contributed by atoms with Gasteiger partial charge >= 0.3 is 0 Å². The van der Waals surface area contributed by atoms with Gasteiger partial charge in [-0.15, -0.1) is 0 Å². The number of aliphatic hydroxyl groups is 2. The lowest BCUT2D eigenvalue weighted by Gasteiger charge is -2.15. The van der Waals surface area contributed by atoms with Crippen LogP contribution in [-0.4, -0.2) is 15.2 Å². The van der Waals surface area contributed by atoms with E-state index in [1.54, 1.807) is 0 Å². The molecule has 0 unspecified atom stereocenters. The predicted molar refractivity (Wildman–Crippen MR) is 41.0 cm³/mol. The SMILES string of the molecule is CC(F)(F)c1ccncc1C(O)O. The van der Waals surface area contributed by atoms with Crippen LogP contribution in [-0.2, 0) is 5.92 Å². The molecule has 1 rings (SSSR count). The Kier molecular flexibility index (Phi) is 2.58. The average Bonchev–Trinajstić information content (AvgIpc) is 2.03. The topological polar surface area (TPSA) is 53.4 Å². The second-order valence-corrected chi connectivity index (χ2v) is 2.72. The molecule has 0 amide bonds. The van der Waals surface area contributed by atoms with Gasteiger partial charge in [-0.3, -0.25) is 4.98 Å². The summed E-state index contributed by atoms with van der Waals surface area (Å²) in [6.07, 6.45) is 0.269. The molecule has 0 radical (unpaired) electrons. The van der Waals surface area contributed by atoms with E-state index < -0.39 is 17.8 Å². The molecule has 0 fully saturated rings. The van der Waals surface area contributed by atoms with E-state index in [1.165, 1.54) is 6.20 Å². The van der Waals surface area contributed by atoms with Gasteiger partial charge in [-0.1, -0.05) is 0 Å². The molecule has 5 heteroatoms. The molecule has 0 saturated carbocycles. The van der Waals surface area contributed by atoms with E-state index in [9.17, 15) is 8.78 Å². The predicted octanol–water partition coefficient (Wildman–Crippen LogP) is 1.18.